The minimum atomic E-state index is -4.71. The van der Waals surface area contributed by atoms with Gasteiger partial charge in [0.2, 0.25) is 11.2 Å². The van der Waals surface area contributed by atoms with Crippen molar-refractivity contribution in [1.82, 2.24) is 19.5 Å². The van der Waals surface area contributed by atoms with Crippen LogP contribution < -0.4 is 4.72 Å². The van der Waals surface area contributed by atoms with E-state index in [-0.39, 0.29) is 34.3 Å². The van der Waals surface area contributed by atoms with Crippen molar-refractivity contribution in [1.29, 1.82) is 0 Å². The first kappa shape index (κ1) is 33.0. The van der Waals surface area contributed by atoms with E-state index in [1.807, 2.05) is 11.6 Å². The van der Waals surface area contributed by atoms with Crippen molar-refractivity contribution in [2.75, 3.05) is 19.9 Å². The molecule has 2 aromatic carbocycles. The molecule has 4 rings (SSSR count). The standard InChI is InChI=1S/C27H29F3N6O8S/c1-17-5-7-18(8-6-17)22-13-23(27(28,29)30)31-35(22)20-9-11-21(12-10-20)45(40,41)32-24(37)19-14-34(15-19)36(39)33-43-16-42-25(38)44-26(2,3)4/h5-13,19H,14-16H2,1-4H3,(H,32,37). The van der Waals surface area contributed by atoms with Crippen molar-refractivity contribution in [3.8, 4) is 16.9 Å². The molecular formula is C27H29F3N6O8S. The van der Waals surface area contributed by atoms with E-state index in [2.05, 4.69) is 20.0 Å². The summed E-state index contributed by atoms with van der Waals surface area (Å²) in [6.07, 6.45) is -5.74. The van der Waals surface area contributed by atoms with Crippen molar-refractivity contribution in [3.63, 3.8) is 0 Å². The molecule has 1 aromatic heterocycles. The third-order valence-corrected chi connectivity index (χ3v) is 7.56. The van der Waals surface area contributed by atoms with Crippen LogP contribution in [0.4, 0.5) is 18.0 Å². The molecule has 242 valence electrons. The molecule has 0 unspecified atom stereocenters. The highest BCUT2D eigenvalue weighted by Crippen LogP contribution is 2.33. The Morgan fingerprint density at radius 3 is 2.29 bits per heavy atom. The number of hydrazine groups is 1. The molecule has 1 saturated heterocycles. The Balaban J connectivity index is 1.36. The largest absolute Gasteiger partial charge is 0.569 e. The molecule has 1 aliphatic heterocycles. The molecule has 1 N–H and O–H groups in total. The van der Waals surface area contributed by atoms with Crippen LogP contribution in [-0.2, 0) is 35.3 Å². The highest BCUT2D eigenvalue weighted by Gasteiger charge is 2.40. The predicted molar refractivity (Wildman–Crippen MR) is 148 cm³/mol. The predicted octanol–water partition coefficient (Wildman–Crippen LogP) is 4.32. The number of halogens is 3. The van der Waals surface area contributed by atoms with Crippen molar-refractivity contribution in [3.05, 3.63) is 71.1 Å². The maximum Gasteiger partial charge on any atom is 0.511 e. The number of aryl methyl sites for hydroxylation is 1. The van der Waals surface area contributed by atoms with E-state index in [1.165, 1.54) is 12.1 Å². The van der Waals surface area contributed by atoms with Crippen LogP contribution in [0.5, 0.6) is 0 Å². The normalized spacial score (nSPS) is 14.5. The minimum absolute atomic E-state index is 0.0137. The van der Waals surface area contributed by atoms with Gasteiger partial charge in [0.1, 0.15) is 5.60 Å². The second-order valence-electron chi connectivity index (χ2n) is 10.9. The first-order chi connectivity index (χ1) is 20.9. The van der Waals surface area contributed by atoms with Gasteiger partial charge in [0.25, 0.3) is 16.8 Å². The van der Waals surface area contributed by atoms with E-state index in [0.29, 0.717) is 5.56 Å². The summed E-state index contributed by atoms with van der Waals surface area (Å²) in [6, 6.07) is 12.4. The van der Waals surface area contributed by atoms with E-state index < -0.39 is 52.3 Å². The summed E-state index contributed by atoms with van der Waals surface area (Å²) >= 11 is 0. The Bertz CT molecular complexity index is 1680. The summed E-state index contributed by atoms with van der Waals surface area (Å²) < 4.78 is 78.6. The molecular weight excluding hydrogens is 625 g/mol. The Labute approximate surface area is 255 Å². The second kappa shape index (κ2) is 12.6. The fourth-order valence-electron chi connectivity index (χ4n) is 3.93. The van der Waals surface area contributed by atoms with Gasteiger partial charge >= 0.3 is 12.3 Å². The zero-order valence-electron chi connectivity index (χ0n) is 24.4. The molecule has 1 fully saturated rings. The number of rotatable bonds is 9. The van der Waals surface area contributed by atoms with Crippen LogP contribution in [0.15, 0.2) is 64.8 Å². The van der Waals surface area contributed by atoms with Gasteiger partial charge in [-0.15, -0.1) is 5.01 Å². The van der Waals surface area contributed by atoms with E-state index in [9.17, 15) is 36.4 Å². The van der Waals surface area contributed by atoms with Crippen LogP contribution in [0.2, 0.25) is 0 Å². The number of aromatic nitrogens is 2. The molecule has 2 heterocycles. The highest BCUT2D eigenvalue weighted by molar-refractivity contribution is 7.90. The van der Waals surface area contributed by atoms with E-state index >= 15 is 0 Å². The lowest BCUT2D eigenvalue weighted by Crippen LogP contribution is -2.56. The van der Waals surface area contributed by atoms with Gasteiger partial charge in [0, 0.05) is 5.56 Å². The first-order valence-corrected chi connectivity index (χ1v) is 14.7. The topological polar surface area (TPSA) is 167 Å². The SMILES string of the molecule is Cc1ccc(-c2cc(C(F)(F)F)nn2-c2ccc(S(=O)(=O)NC(=O)C3CN([N+]([O-])=NOCOC(=O)OC(C)(C)C)C3)cc2)cc1. The van der Waals surface area contributed by atoms with Gasteiger partial charge in [-0.25, -0.2) is 22.6 Å². The number of hydrogen-bond acceptors (Lipinski definition) is 10. The van der Waals surface area contributed by atoms with E-state index in [4.69, 9.17) is 4.74 Å². The molecule has 1 amide bonds. The summed E-state index contributed by atoms with van der Waals surface area (Å²) in [5.74, 6) is -1.77. The maximum absolute atomic E-state index is 13.5. The number of benzene rings is 2. The van der Waals surface area contributed by atoms with Gasteiger partial charge in [-0.05, 0) is 58.0 Å². The maximum atomic E-state index is 13.5. The van der Waals surface area contributed by atoms with Crippen LogP contribution in [0.1, 0.15) is 32.0 Å². The quantitative estimate of drug-likeness (QED) is 0.0876. The van der Waals surface area contributed by atoms with E-state index in [0.717, 1.165) is 33.5 Å². The Kier molecular flexibility index (Phi) is 9.27. The van der Waals surface area contributed by atoms with Crippen LogP contribution in [0.25, 0.3) is 16.9 Å². The molecule has 0 atom stereocenters. The lowest BCUT2D eigenvalue weighted by molar-refractivity contribution is -0.726. The summed E-state index contributed by atoms with van der Waals surface area (Å²) in [5, 5.41) is 19.8. The van der Waals surface area contributed by atoms with Crippen molar-refractivity contribution < 1.29 is 50.5 Å². The van der Waals surface area contributed by atoms with Gasteiger partial charge in [0.05, 0.1) is 40.3 Å². The lowest BCUT2D eigenvalue weighted by Gasteiger charge is -2.32. The molecule has 0 radical (unpaired) electrons. The van der Waals surface area contributed by atoms with Crippen LogP contribution in [0, 0.1) is 18.0 Å². The number of amides is 1. The minimum Gasteiger partial charge on any atom is -0.569 e. The summed E-state index contributed by atoms with van der Waals surface area (Å²) in [4.78, 5) is 28.3. The highest BCUT2D eigenvalue weighted by atomic mass is 32.2. The summed E-state index contributed by atoms with van der Waals surface area (Å²) in [7, 11) is -4.37. The van der Waals surface area contributed by atoms with Crippen LogP contribution in [-0.4, -0.2) is 65.7 Å². The number of nitrogens with one attached hydrogen (secondary N) is 1. The Hall–Kier alpha value is -4.87. The molecule has 1 aliphatic rings. The number of hydrogen-bond donors (Lipinski definition) is 1. The number of alkyl halides is 3. The third kappa shape index (κ3) is 8.40. The zero-order chi connectivity index (χ0) is 33.2. The molecule has 0 aliphatic carbocycles. The van der Waals surface area contributed by atoms with E-state index in [1.54, 1.807) is 45.0 Å². The number of ether oxygens (including phenoxy) is 2. The average Bonchev–Trinajstić information content (AvgIpc) is 3.36. The van der Waals surface area contributed by atoms with Crippen LogP contribution in [0.3, 0.4) is 0 Å². The van der Waals surface area contributed by atoms with Gasteiger partial charge < -0.3 is 19.5 Å². The number of carbonyl (C=O) groups excluding carboxylic acids is 2. The monoisotopic (exact) mass is 654 g/mol. The van der Waals surface area contributed by atoms with Gasteiger partial charge in [-0.2, -0.15) is 18.3 Å². The number of sulfonamides is 1. The fraction of sp³-hybridized carbons (Fsp3) is 0.370. The second-order valence-corrected chi connectivity index (χ2v) is 12.6. The molecule has 0 saturated carbocycles. The average molecular weight is 655 g/mol. The van der Waals surface area contributed by atoms with Gasteiger partial charge in [0.15, 0.2) is 5.69 Å². The van der Waals surface area contributed by atoms with Gasteiger partial charge in [-0.3, -0.25) is 4.79 Å². The molecule has 3 aromatic rings. The van der Waals surface area contributed by atoms with Crippen molar-refractivity contribution in [2.24, 2.45) is 11.2 Å². The molecule has 45 heavy (non-hydrogen) atoms. The summed E-state index contributed by atoms with van der Waals surface area (Å²) in [5.41, 5.74) is -0.253. The van der Waals surface area contributed by atoms with Crippen molar-refractivity contribution >= 4 is 22.1 Å². The molecule has 0 bridgehead atoms. The lowest BCUT2D eigenvalue weighted by atomic mass is 10.0. The van der Waals surface area contributed by atoms with Crippen molar-refractivity contribution in [2.45, 2.75) is 44.4 Å². The Morgan fingerprint density at radius 2 is 1.71 bits per heavy atom. The fourth-order valence-corrected chi connectivity index (χ4v) is 4.97. The number of carbonyl (C=O) groups is 2. The van der Waals surface area contributed by atoms with Crippen LogP contribution >= 0.6 is 0 Å². The molecule has 18 heteroatoms. The molecule has 0 spiro atoms. The summed E-state index contributed by atoms with van der Waals surface area (Å²) in [6.45, 7) is 5.62. The Morgan fingerprint density at radius 1 is 1.09 bits per heavy atom. The van der Waals surface area contributed by atoms with Gasteiger partial charge in [-0.1, -0.05) is 29.8 Å². The number of nitrogens with zero attached hydrogens (tertiary/aromatic N) is 5. The zero-order valence-corrected chi connectivity index (χ0v) is 25.3. The smallest absolute Gasteiger partial charge is 0.511 e. The molecule has 14 nitrogen and oxygen atoms in total. The third-order valence-electron chi connectivity index (χ3n) is 6.20. The first-order valence-electron chi connectivity index (χ1n) is 13.3.